The molecule has 0 fully saturated rings. The highest BCUT2D eigenvalue weighted by atomic mass is 16.1. The van der Waals surface area contributed by atoms with Crippen LogP contribution < -0.4 is 16.8 Å². The molecule has 1 atom stereocenters. The van der Waals surface area contributed by atoms with Crippen LogP contribution in [0.25, 0.3) is 0 Å². The van der Waals surface area contributed by atoms with Crippen molar-refractivity contribution in [2.75, 3.05) is 11.9 Å². The van der Waals surface area contributed by atoms with Gasteiger partial charge in [-0.3, -0.25) is 4.79 Å². The summed E-state index contributed by atoms with van der Waals surface area (Å²) in [5.74, 6) is -0.414. The molecule has 0 aliphatic carbocycles. The van der Waals surface area contributed by atoms with Crippen molar-refractivity contribution in [3.8, 4) is 0 Å². The van der Waals surface area contributed by atoms with Crippen LogP contribution in [0, 0.1) is 6.92 Å². The molecule has 0 bridgehead atoms. The maximum absolute atomic E-state index is 11.2. The van der Waals surface area contributed by atoms with Gasteiger partial charge in [0.25, 0.3) is 5.91 Å². The molecule has 5 N–H and O–H groups in total. The van der Waals surface area contributed by atoms with Gasteiger partial charge in [-0.25, -0.2) is 0 Å². The molecule has 4 nitrogen and oxygen atoms in total. The molecule has 1 aromatic carbocycles. The molecule has 4 heteroatoms. The van der Waals surface area contributed by atoms with E-state index < -0.39 is 5.91 Å². The van der Waals surface area contributed by atoms with Crippen molar-refractivity contribution in [1.82, 2.24) is 0 Å². The number of anilines is 1. The first kappa shape index (κ1) is 12.5. The van der Waals surface area contributed by atoms with Gasteiger partial charge in [-0.1, -0.05) is 6.07 Å². The van der Waals surface area contributed by atoms with E-state index in [1.807, 2.05) is 26.0 Å². The molecule has 88 valence electrons. The van der Waals surface area contributed by atoms with Crippen molar-refractivity contribution in [3.05, 3.63) is 29.3 Å². The quantitative estimate of drug-likeness (QED) is 0.699. The van der Waals surface area contributed by atoms with Gasteiger partial charge >= 0.3 is 0 Å². The maximum Gasteiger partial charge on any atom is 0.250 e. The van der Waals surface area contributed by atoms with Gasteiger partial charge < -0.3 is 16.8 Å². The minimum atomic E-state index is -0.414. The average molecular weight is 221 g/mol. The lowest BCUT2D eigenvalue weighted by Gasteiger charge is -2.12. The molecule has 0 aromatic heterocycles. The monoisotopic (exact) mass is 221 g/mol. The number of nitrogens with two attached hydrogens (primary N) is 2. The fraction of sp³-hybridized carbons (Fsp3) is 0.417. The van der Waals surface area contributed by atoms with E-state index in [0.717, 1.165) is 24.2 Å². The summed E-state index contributed by atoms with van der Waals surface area (Å²) in [5, 5.41) is 3.19. The topological polar surface area (TPSA) is 81.1 Å². The second-order valence-corrected chi connectivity index (χ2v) is 4.11. The fourth-order valence-corrected chi connectivity index (χ4v) is 1.45. The number of carbonyl (C=O) groups is 1. The summed E-state index contributed by atoms with van der Waals surface area (Å²) in [4.78, 5) is 11.2. The first-order valence-electron chi connectivity index (χ1n) is 5.40. The van der Waals surface area contributed by atoms with Crippen LogP contribution >= 0.6 is 0 Å². The van der Waals surface area contributed by atoms with E-state index in [9.17, 15) is 4.79 Å². The van der Waals surface area contributed by atoms with Crippen molar-refractivity contribution >= 4 is 11.6 Å². The normalized spacial score (nSPS) is 12.2. The third-order valence-electron chi connectivity index (χ3n) is 2.36. The molecule has 1 aromatic rings. The van der Waals surface area contributed by atoms with Crippen LogP contribution in [-0.4, -0.2) is 18.5 Å². The highest BCUT2D eigenvalue weighted by Crippen LogP contribution is 2.17. The van der Waals surface area contributed by atoms with Crippen LogP contribution in [0.5, 0.6) is 0 Å². The smallest absolute Gasteiger partial charge is 0.250 e. The Morgan fingerprint density at radius 1 is 1.50 bits per heavy atom. The molecule has 0 saturated heterocycles. The fourth-order valence-electron chi connectivity index (χ4n) is 1.45. The van der Waals surface area contributed by atoms with Crippen molar-refractivity contribution in [1.29, 1.82) is 0 Å². The van der Waals surface area contributed by atoms with Crippen LogP contribution in [-0.2, 0) is 0 Å². The van der Waals surface area contributed by atoms with Crippen molar-refractivity contribution in [2.45, 2.75) is 26.3 Å². The number of hydrogen-bond donors (Lipinski definition) is 3. The number of aryl methyl sites for hydroxylation is 1. The van der Waals surface area contributed by atoms with Gasteiger partial charge in [-0.2, -0.15) is 0 Å². The minimum absolute atomic E-state index is 0.148. The lowest BCUT2D eigenvalue weighted by molar-refractivity contribution is 0.100. The number of benzene rings is 1. The Kier molecular flexibility index (Phi) is 4.31. The number of carbonyl (C=O) groups excluding carboxylic acids is 1. The van der Waals surface area contributed by atoms with E-state index in [1.165, 1.54) is 0 Å². The van der Waals surface area contributed by atoms with Gasteiger partial charge in [0.2, 0.25) is 0 Å². The Bertz CT molecular complexity index is 375. The van der Waals surface area contributed by atoms with E-state index in [4.69, 9.17) is 11.5 Å². The van der Waals surface area contributed by atoms with Gasteiger partial charge in [0.15, 0.2) is 0 Å². The van der Waals surface area contributed by atoms with Crippen molar-refractivity contribution in [3.63, 3.8) is 0 Å². The average Bonchev–Trinajstić information content (AvgIpc) is 2.16. The molecule has 0 spiro atoms. The van der Waals surface area contributed by atoms with E-state index in [0.29, 0.717) is 5.56 Å². The molecule has 16 heavy (non-hydrogen) atoms. The van der Waals surface area contributed by atoms with Crippen molar-refractivity contribution in [2.24, 2.45) is 11.5 Å². The predicted molar refractivity (Wildman–Crippen MR) is 66.5 cm³/mol. The van der Waals surface area contributed by atoms with Crippen LogP contribution in [0.3, 0.4) is 0 Å². The zero-order chi connectivity index (χ0) is 12.1. The lowest BCUT2D eigenvalue weighted by Crippen LogP contribution is -2.20. The van der Waals surface area contributed by atoms with Gasteiger partial charge in [0.1, 0.15) is 0 Å². The van der Waals surface area contributed by atoms with Gasteiger partial charge in [-0.05, 0) is 38.0 Å². The third kappa shape index (κ3) is 3.55. The standard InChI is InChI=1S/C12H19N3O/c1-8-3-4-10(12(14)16)11(7-8)15-6-5-9(2)13/h3-4,7,9,15H,5-6,13H2,1-2H3,(H2,14,16). The Labute approximate surface area is 96.0 Å². The first-order chi connectivity index (χ1) is 7.50. The largest absolute Gasteiger partial charge is 0.384 e. The molecule has 0 radical (unpaired) electrons. The van der Waals surface area contributed by atoms with Crippen LogP contribution in [0.1, 0.15) is 29.3 Å². The third-order valence-corrected chi connectivity index (χ3v) is 2.36. The molecular formula is C12H19N3O. The van der Waals surface area contributed by atoms with Crippen molar-refractivity contribution < 1.29 is 4.79 Å². The van der Waals surface area contributed by atoms with Gasteiger partial charge in [0, 0.05) is 18.3 Å². The summed E-state index contributed by atoms with van der Waals surface area (Å²) < 4.78 is 0. The van der Waals surface area contributed by atoms with Crippen LogP contribution in [0.15, 0.2) is 18.2 Å². The Balaban J connectivity index is 2.76. The summed E-state index contributed by atoms with van der Waals surface area (Å²) >= 11 is 0. The molecular weight excluding hydrogens is 202 g/mol. The molecule has 0 aliphatic rings. The highest BCUT2D eigenvalue weighted by molar-refractivity contribution is 5.98. The molecule has 0 saturated carbocycles. The number of primary amides is 1. The second-order valence-electron chi connectivity index (χ2n) is 4.11. The lowest BCUT2D eigenvalue weighted by atomic mass is 10.1. The molecule has 1 amide bonds. The number of amides is 1. The van der Waals surface area contributed by atoms with E-state index in [-0.39, 0.29) is 6.04 Å². The molecule has 0 heterocycles. The summed E-state index contributed by atoms with van der Waals surface area (Å²) in [5.41, 5.74) is 13.3. The molecule has 1 unspecified atom stereocenters. The summed E-state index contributed by atoms with van der Waals surface area (Å²) in [6, 6.07) is 5.68. The Hall–Kier alpha value is -1.55. The zero-order valence-corrected chi connectivity index (χ0v) is 9.79. The highest BCUT2D eigenvalue weighted by Gasteiger charge is 2.07. The van der Waals surface area contributed by atoms with Gasteiger partial charge in [0.05, 0.1) is 5.56 Å². The number of hydrogen-bond acceptors (Lipinski definition) is 3. The summed E-state index contributed by atoms with van der Waals surface area (Å²) in [7, 11) is 0. The van der Waals surface area contributed by atoms with Crippen LogP contribution in [0.2, 0.25) is 0 Å². The van der Waals surface area contributed by atoms with Gasteiger partial charge in [-0.15, -0.1) is 0 Å². The van der Waals surface area contributed by atoms with E-state index in [1.54, 1.807) is 6.07 Å². The second kappa shape index (κ2) is 5.51. The van der Waals surface area contributed by atoms with E-state index >= 15 is 0 Å². The summed E-state index contributed by atoms with van der Waals surface area (Å²) in [6.45, 7) is 4.66. The maximum atomic E-state index is 11.2. The number of nitrogens with one attached hydrogen (secondary N) is 1. The van der Waals surface area contributed by atoms with E-state index in [2.05, 4.69) is 5.32 Å². The Morgan fingerprint density at radius 3 is 2.75 bits per heavy atom. The zero-order valence-electron chi connectivity index (χ0n) is 9.79. The Morgan fingerprint density at radius 2 is 2.19 bits per heavy atom. The SMILES string of the molecule is Cc1ccc(C(N)=O)c(NCCC(C)N)c1. The van der Waals surface area contributed by atoms with Crippen LogP contribution in [0.4, 0.5) is 5.69 Å². The molecule has 0 aliphatic heterocycles. The first-order valence-corrected chi connectivity index (χ1v) is 5.40. The predicted octanol–water partition coefficient (Wildman–Crippen LogP) is 1.24. The molecule has 1 rings (SSSR count). The minimum Gasteiger partial charge on any atom is -0.384 e. The summed E-state index contributed by atoms with van der Waals surface area (Å²) in [6.07, 6.45) is 0.853. The number of rotatable bonds is 5.